The molecule has 0 amide bonds. The molecule has 9 aromatic rings. The quantitative estimate of drug-likeness (QED) is 0.170. The molecule has 0 bridgehead atoms. The van der Waals surface area contributed by atoms with Gasteiger partial charge in [0.15, 0.2) is 0 Å². The molecular formula is C48H32N2. The Bertz CT molecular complexity index is 2630. The SMILES string of the molecule is c1ccc(-c2cccc(-c3ccc4c(-c5cccc(-c6ccccn6)c5)c5ccccc5c(-c5cccc(-c6ccccn6)c5)c4c3)c2)cc1. The van der Waals surface area contributed by atoms with E-state index in [1.165, 1.54) is 66.1 Å². The first-order valence-electron chi connectivity index (χ1n) is 17.0. The first-order valence-corrected chi connectivity index (χ1v) is 17.0. The molecule has 234 valence electrons. The molecule has 0 atom stereocenters. The van der Waals surface area contributed by atoms with E-state index >= 15 is 0 Å². The zero-order valence-electron chi connectivity index (χ0n) is 27.4. The van der Waals surface area contributed by atoms with Crippen molar-refractivity contribution < 1.29 is 0 Å². The van der Waals surface area contributed by atoms with Gasteiger partial charge in [0.05, 0.1) is 11.4 Å². The van der Waals surface area contributed by atoms with Gasteiger partial charge in [0.2, 0.25) is 0 Å². The van der Waals surface area contributed by atoms with Gasteiger partial charge in [0.1, 0.15) is 0 Å². The zero-order chi connectivity index (χ0) is 33.3. The highest BCUT2D eigenvalue weighted by atomic mass is 14.7. The van der Waals surface area contributed by atoms with Crippen molar-refractivity contribution in [1.82, 2.24) is 9.97 Å². The molecule has 0 fully saturated rings. The van der Waals surface area contributed by atoms with Crippen LogP contribution >= 0.6 is 0 Å². The number of rotatable bonds is 6. The van der Waals surface area contributed by atoms with Crippen LogP contribution in [0, 0.1) is 0 Å². The van der Waals surface area contributed by atoms with E-state index in [4.69, 9.17) is 0 Å². The third-order valence-electron chi connectivity index (χ3n) is 9.55. The monoisotopic (exact) mass is 636 g/mol. The number of fused-ring (bicyclic) bond motifs is 2. The molecule has 0 radical (unpaired) electrons. The first kappa shape index (κ1) is 29.5. The number of pyridine rings is 2. The second-order valence-corrected chi connectivity index (χ2v) is 12.6. The van der Waals surface area contributed by atoms with Crippen molar-refractivity contribution in [2.75, 3.05) is 0 Å². The van der Waals surface area contributed by atoms with Crippen molar-refractivity contribution in [3.63, 3.8) is 0 Å². The average Bonchev–Trinajstić information content (AvgIpc) is 3.21. The van der Waals surface area contributed by atoms with Gasteiger partial charge in [0.25, 0.3) is 0 Å². The lowest BCUT2D eigenvalue weighted by Crippen LogP contribution is -1.93. The Hall–Kier alpha value is -6.64. The predicted octanol–water partition coefficient (Wildman–Crippen LogP) is 12.8. The normalized spacial score (nSPS) is 11.2. The van der Waals surface area contributed by atoms with Gasteiger partial charge in [0, 0.05) is 23.5 Å². The highest BCUT2D eigenvalue weighted by molar-refractivity contribution is 6.22. The van der Waals surface area contributed by atoms with Crippen LogP contribution in [0.15, 0.2) is 194 Å². The molecule has 2 nitrogen and oxygen atoms in total. The molecule has 2 heteroatoms. The largest absolute Gasteiger partial charge is 0.256 e. The minimum atomic E-state index is 0.962. The molecular weight excluding hydrogens is 605 g/mol. The maximum atomic E-state index is 4.68. The second kappa shape index (κ2) is 12.8. The first-order chi connectivity index (χ1) is 24.8. The summed E-state index contributed by atoms with van der Waals surface area (Å²) >= 11 is 0. The number of hydrogen-bond acceptors (Lipinski definition) is 2. The molecule has 7 aromatic carbocycles. The van der Waals surface area contributed by atoms with E-state index in [-0.39, 0.29) is 0 Å². The molecule has 0 aliphatic heterocycles. The third-order valence-corrected chi connectivity index (χ3v) is 9.55. The number of hydrogen-bond donors (Lipinski definition) is 0. The van der Waals surface area contributed by atoms with E-state index in [9.17, 15) is 0 Å². The Kier molecular flexibility index (Phi) is 7.53. The molecule has 0 saturated carbocycles. The van der Waals surface area contributed by atoms with Gasteiger partial charge in [-0.1, -0.05) is 133 Å². The zero-order valence-corrected chi connectivity index (χ0v) is 27.4. The summed E-state index contributed by atoms with van der Waals surface area (Å²) < 4.78 is 0. The topological polar surface area (TPSA) is 25.8 Å². The highest BCUT2D eigenvalue weighted by Gasteiger charge is 2.19. The molecule has 2 heterocycles. The lowest BCUT2D eigenvalue weighted by Gasteiger charge is -2.19. The van der Waals surface area contributed by atoms with E-state index in [2.05, 4.69) is 168 Å². The molecule has 0 aliphatic rings. The second-order valence-electron chi connectivity index (χ2n) is 12.6. The Morgan fingerprint density at radius 3 is 1.24 bits per heavy atom. The molecule has 2 aromatic heterocycles. The molecule has 0 N–H and O–H groups in total. The van der Waals surface area contributed by atoms with E-state index in [0.29, 0.717) is 0 Å². The van der Waals surface area contributed by atoms with Crippen molar-refractivity contribution in [3.05, 3.63) is 194 Å². The minimum Gasteiger partial charge on any atom is -0.256 e. The molecule has 0 unspecified atom stereocenters. The van der Waals surface area contributed by atoms with Crippen LogP contribution in [-0.2, 0) is 0 Å². The molecule has 50 heavy (non-hydrogen) atoms. The third kappa shape index (κ3) is 5.43. The lowest BCUT2D eigenvalue weighted by atomic mass is 9.84. The van der Waals surface area contributed by atoms with Crippen molar-refractivity contribution in [2.24, 2.45) is 0 Å². The van der Waals surface area contributed by atoms with Gasteiger partial charge < -0.3 is 0 Å². The van der Waals surface area contributed by atoms with Crippen LogP contribution < -0.4 is 0 Å². The fourth-order valence-electron chi connectivity index (χ4n) is 7.22. The molecule has 0 aliphatic carbocycles. The van der Waals surface area contributed by atoms with Crippen LogP contribution in [0.1, 0.15) is 0 Å². The van der Waals surface area contributed by atoms with Gasteiger partial charge >= 0.3 is 0 Å². The summed E-state index contributed by atoms with van der Waals surface area (Å²) in [5.41, 5.74) is 13.7. The van der Waals surface area contributed by atoms with E-state index in [0.717, 1.165) is 22.5 Å². The van der Waals surface area contributed by atoms with Crippen molar-refractivity contribution in [2.45, 2.75) is 0 Å². The summed E-state index contributed by atoms with van der Waals surface area (Å²) in [5.74, 6) is 0. The van der Waals surface area contributed by atoms with E-state index in [1.54, 1.807) is 0 Å². The van der Waals surface area contributed by atoms with Gasteiger partial charge in [-0.15, -0.1) is 0 Å². The smallest absolute Gasteiger partial charge is 0.0702 e. The maximum Gasteiger partial charge on any atom is 0.0702 e. The maximum absolute atomic E-state index is 4.68. The minimum absolute atomic E-state index is 0.962. The standard InChI is InChI=1S/C48H32N2/c1-2-13-33(14-3-1)34-15-10-16-35(29-34)36-25-26-43-44(32-36)48(40-20-12-18-38(31-40)46-24-7-9-28-50-46)42-22-5-4-21-41(42)47(43)39-19-11-17-37(30-39)45-23-6-8-27-49-45/h1-32H. The van der Waals surface area contributed by atoms with Crippen LogP contribution in [0.5, 0.6) is 0 Å². The number of benzene rings is 7. The van der Waals surface area contributed by atoms with Crippen LogP contribution in [0.4, 0.5) is 0 Å². The summed E-state index contributed by atoms with van der Waals surface area (Å²) in [5, 5.41) is 4.85. The van der Waals surface area contributed by atoms with Crippen LogP contribution in [-0.4, -0.2) is 9.97 Å². The van der Waals surface area contributed by atoms with E-state index in [1.807, 2.05) is 36.7 Å². The molecule has 0 saturated heterocycles. The van der Waals surface area contributed by atoms with Crippen molar-refractivity contribution in [1.29, 1.82) is 0 Å². The fourth-order valence-corrected chi connectivity index (χ4v) is 7.22. The van der Waals surface area contributed by atoms with Crippen molar-refractivity contribution >= 4 is 21.5 Å². The Labute approximate surface area is 292 Å². The highest BCUT2D eigenvalue weighted by Crippen LogP contribution is 2.46. The summed E-state index contributed by atoms with van der Waals surface area (Å²) in [4.78, 5) is 9.34. The molecule has 0 spiro atoms. The Morgan fingerprint density at radius 2 is 0.660 bits per heavy atom. The summed E-state index contributed by atoms with van der Waals surface area (Å²) in [7, 11) is 0. The summed E-state index contributed by atoms with van der Waals surface area (Å²) in [6.45, 7) is 0. The summed E-state index contributed by atoms with van der Waals surface area (Å²) in [6.07, 6.45) is 3.71. The Balaban J connectivity index is 1.33. The Morgan fingerprint density at radius 1 is 0.240 bits per heavy atom. The van der Waals surface area contributed by atoms with Gasteiger partial charge in [-0.05, 0) is 115 Å². The van der Waals surface area contributed by atoms with Crippen molar-refractivity contribution in [3.8, 4) is 67.0 Å². The number of nitrogens with zero attached hydrogens (tertiary/aromatic N) is 2. The van der Waals surface area contributed by atoms with Gasteiger partial charge in [-0.2, -0.15) is 0 Å². The molecule has 9 rings (SSSR count). The van der Waals surface area contributed by atoms with E-state index < -0.39 is 0 Å². The average molecular weight is 637 g/mol. The predicted molar refractivity (Wildman–Crippen MR) is 210 cm³/mol. The van der Waals surface area contributed by atoms with Crippen LogP contribution in [0.2, 0.25) is 0 Å². The van der Waals surface area contributed by atoms with Gasteiger partial charge in [-0.25, -0.2) is 0 Å². The fraction of sp³-hybridized carbons (Fsp3) is 0. The number of aromatic nitrogens is 2. The van der Waals surface area contributed by atoms with Crippen LogP contribution in [0.3, 0.4) is 0 Å². The lowest BCUT2D eigenvalue weighted by molar-refractivity contribution is 1.33. The summed E-state index contributed by atoms with van der Waals surface area (Å²) in [6, 6.07) is 65.1. The van der Waals surface area contributed by atoms with Gasteiger partial charge in [-0.3, -0.25) is 9.97 Å². The van der Waals surface area contributed by atoms with Crippen LogP contribution in [0.25, 0.3) is 88.6 Å².